The van der Waals surface area contributed by atoms with Crippen LogP contribution in [0.4, 0.5) is 0 Å². The van der Waals surface area contributed by atoms with Crippen LogP contribution in [-0.4, -0.2) is 37.7 Å². The largest absolute Gasteiger partial charge is 0.507 e. The SMILES string of the molecule is CCCOc1cccc([C@H]2c3c(-c4ccccc4O)n[nH]c3C(=O)N2Cc2ccncc2)c1. The van der Waals surface area contributed by atoms with Crippen LogP contribution in [0.1, 0.15) is 46.6 Å². The lowest BCUT2D eigenvalue weighted by Crippen LogP contribution is -2.29. The summed E-state index contributed by atoms with van der Waals surface area (Å²) in [5.41, 5.74) is 4.23. The van der Waals surface area contributed by atoms with E-state index in [0.717, 1.165) is 28.9 Å². The summed E-state index contributed by atoms with van der Waals surface area (Å²) in [6.45, 7) is 3.09. The van der Waals surface area contributed by atoms with Crippen LogP contribution < -0.4 is 4.74 Å². The van der Waals surface area contributed by atoms with Gasteiger partial charge in [-0.05, 0) is 53.9 Å². The van der Waals surface area contributed by atoms with E-state index in [1.807, 2.05) is 47.4 Å². The Hall–Kier alpha value is -4.13. The standard InChI is InChI=1S/C26H24N4O3/c1-2-14-33-19-7-5-6-18(15-19)25-22-23(20-8-3-4-9-21(20)31)28-29-24(22)26(32)30(25)16-17-10-12-27-13-11-17/h3-13,15,25,31H,2,14,16H2,1H3,(H,28,29)/t25-/m0/s1. The number of ether oxygens (including phenoxy) is 1. The number of phenols is 1. The first-order valence-electron chi connectivity index (χ1n) is 11.0. The van der Waals surface area contributed by atoms with E-state index >= 15 is 0 Å². The number of rotatable bonds is 7. The molecule has 3 heterocycles. The topological polar surface area (TPSA) is 91.3 Å². The fourth-order valence-electron chi connectivity index (χ4n) is 4.26. The number of para-hydroxylation sites is 1. The Morgan fingerprint density at radius 2 is 1.91 bits per heavy atom. The summed E-state index contributed by atoms with van der Waals surface area (Å²) in [7, 11) is 0. The second kappa shape index (κ2) is 8.78. The Kier molecular flexibility index (Phi) is 5.52. The molecule has 5 rings (SSSR count). The van der Waals surface area contributed by atoms with Crippen LogP contribution in [0.2, 0.25) is 0 Å². The van der Waals surface area contributed by atoms with Gasteiger partial charge in [-0.3, -0.25) is 14.9 Å². The first-order valence-corrected chi connectivity index (χ1v) is 11.0. The first-order chi connectivity index (χ1) is 16.2. The number of benzene rings is 2. The molecule has 1 aliphatic heterocycles. The number of phenolic OH excluding ortho intramolecular Hbond substituents is 1. The number of aromatic hydroxyl groups is 1. The molecule has 0 spiro atoms. The lowest BCUT2D eigenvalue weighted by atomic mass is 9.95. The number of fused-ring (bicyclic) bond motifs is 1. The molecule has 4 aromatic rings. The number of hydrogen-bond donors (Lipinski definition) is 2. The summed E-state index contributed by atoms with van der Waals surface area (Å²) in [5.74, 6) is 0.734. The zero-order chi connectivity index (χ0) is 22.8. The van der Waals surface area contributed by atoms with Gasteiger partial charge < -0.3 is 14.7 Å². The van der Waals surface area contributed by atoms with E-state index in [9.17, 15) is 9.90 Å². The zero-order valence-electron chi connectivity index (χ0n) is 18.2. The second-order valence-electron chi connectivity index (χ2n) is 7.99. The number of hydrogen-bond acceptors (Lipinski definition) is 5. The van der Waals surface area contributed by atoms with Gasteiger partial charge in [0.1, 0.15) is 22.9 Å². The van der Waals surface area contributed by atoms with Gasteiger partial charge >= 0.3 is 0 Å². The van der Waals surface area contributed by atoms with Gasteiger partial charge in [0.25, 0.3) is 5.91 Å². The number of nitrogens with one attached hydrogen (secondary N) is 1. The van der Waals surface area contributed by atoms with Gasteiger partial charge in [0.15, 0.2) is 0 Å². The minimum atomic E-state index is -0.390. The monoisotopic (exact) mass is 440 g/mol. The van der Waals surface area contributed by atoms with E-state index < -0.39 is 0 Å². The Labute approximate surface area is 191 Å². The fourth-order valence-corrected chi connectivity index (χ4v) is 4.26. The summed E-state index contributed by atoms with van der Waals surface area (Å²) >= 11 is 0. The molecule has 7 nitrogen and oxygen atoms in total. The Morgan fingerprint density at radius 1 is 1.09 bits per heavy atom. The highest BCUT2D eigenvalue weighted by atomic mass is 16.5. The van der Waals surface area contributed by atoms with E-state index in [0.29, 0.717) is 30.1 Å². The van der Waals surface area contributed by atoms with Crippen molar-refractivity contribution in [1.29, 1.82) is 0 Å². The summed E-state index contributed by atoms with van der Waals surface area (Å²) in [6, 6.07) is 18.3. The molecule has 0 fully saturated rings. The average molecular weight is 441 g/mol. The molecule has 2 aromatic carbocycles. The third-order valence-corrected chi connectivity index (χ3v) is 5.77. The molecular formula is C26H24N4O3. The maximum Gasteiger partial charge on any atom is 0.273 e. The molecule has 0 saturated carbocycles. The lowest BCUT2D eigenvalue weighted by Gasteiger charge is -2.27. The fraction of sp³-hybridized carbons (Fsp3) is 0.192. The van der Waals surface area contributed by atoms with Crippen molar-refractivity contribution >= 4 is 5.91 Å². The van der Waals surface area contributed by atoms with Crippen molar-refractivity contribution in [1.82, 2.24) is 20.1 Å². The molecule has 33 heavy (non-hydrogen) atoms. The molecule has 2 N–H and O–H groups in total. The van der Waals surface area contributed by atoms with Gasteiger partial charge in [0.05, 0.1) is 12.6 Å². The number of aromatic amines is 1. The van der Waals surface area contributed by atoms with Gasteiger partial charge in [-0.25, -0.2) is 0 Å². The molecule has 166 valence electrons. The van der Waals surface area contributed by atoms with Gasteiger partial charge in [-0.15, -0.1) is 0 Å². The van der Waals surface area contributed by atoms with Crippen molar-refractivity contribution in [2.45, 2.75) is 25.9 Å². The van der Waals surface area contributed by atoms with E-state index in [-0.39, 0.29) is 17.7 Å². The number of amides is 1. The minimum Gasteiger partial charge on any atom is -0.507 e. The number of carbonyl (C=O) groups excluding carboxylic acids is 1. The van der Waals surface area contributed by atoms with Gasteiger partial charge in [0, 0.05) is 30.1 Å². The summed E-state index contributed by atoms with van der Waals surface area (Å²) in [4.78, 5) is 19.4. The Bertz CT molecular complexity index is 1290. The van der Waals surface area contributed by atoms with Crippen LogP contribution in [0.5, 0.6) is 11.5 Å². The maximum atomic E-state index is 13.5. The third-order valence-electron chi connectivity index (χ3n) is 5.77. The van der Waals surface area contributed by atoms with Crippen LogP contribution in [0.15, 0.2) is 73.1 Å². The van der Waals surface area contributed by atoms with Crippen molar-refractivity contribution in [3.63, 3.8) is 0 Å². The molecule has 0 unspecified atom stereocenters. The maximum absolute atomic E-state index is 13.5. The highest BCUT2D eigenvalue weighted by Crippen LogP contribution is 2.45. The highest BCUT2D eigenvalue weighted by Gasteiger charge is 2.42. The van der Waals surface area contributed by atoms with Crippen LogP contribution in [0.25, 0.3) is 11.3 Å². The number of carbonyl (C=O) groups is 1. The number of nitrogens with zero attached hydrogens (tertiary/aromatic N) is 3. The Balaban J connectivity index is 1.64. The van der Waals surface area contributed by atoms with Crippen molar-refractivity contribution in [3.8, 4) is 22.8 Å². The molecule has 1 amide bonds. The highest BCUT2D eigenvalue weighted by molar-refractivity contribution is 6.00. The van der Waals surface area contributed by atoms with Gasteiger partial charge in [-0.2, -0.15) is 5.10 Å². The summed E-state index contributed by atoms with van der Waals surface area (Å²) in [6.07, 6.45) is 4.35. The molecule has 1 aliphatic rings. The van der Waals surface area contributed by atoms with E-state index in [2.05, 4.69) is 22.1 Å². The predicted molar refractivity (Wildman–Crippen MR) is 124 cm³/mol. The van der Waals surface area contributed by atoms with Crippen molar-refractivity contribution in [2.24, 2.45) is 0 Å². The number of H-pyrrole nitrogens is 1. The lowest BCUT2D eigenvalue weighted by molar-refractivity contribution is 0.0729. The van der Waals surface area contributed by atoms with Gasteiger partial charge in [-0.1, -0.05) is 31.2 Å². The molecule has 0 radical (unpaired) electrons. The molecule has 0 aliphatic carbocycles. The van der Waals surface area contributed by atoms with E-state index in [4.69, 9.17) is 4.74 Å². The minimum absolute atomic E-state index is 0.116. The quantitative estimate of drug-likeness (QED) is 0.434. The summed E-state index contributed by atoms with van der Waals surface area (Å²) in [5, 5.41) is 17.9. The molecule has 1 atom stereocenters. The third kappa shape index (κ3) is 3.82. The molecule has 0 saturated heterocycles. The van der Waals surface area contributed by atoms with Crippen LogP contribution in [0.3, 0.4) is 0 Å². The first kappa shape index (κ1) is 20.8. The van der Waals surface area contributed by atoms with Crippen LogP contribution in [-0.2, 0) is 6.54 Å². The van der Waals surface area contributed by atoms with Crippen molar-refractivity contribution in [3.05, 3.63) is 95.4 Å². The number of pyridine rings is 1. The Morgan fingerprint density at radius 3 is 2.70 bits per heavy atom. The van der Waals surface area contributed by atoms with Crippen molar-refractivity contribution < 1.29 is 14.6 Å². The van der Waals surface area contributed by atoms with E-state index in [1.54, 1.807) is 30.6 Å². The molecule has 7 heteroatoms. The van der Waals surface area contributed by atoms with Crippen molar-refractivity contribution in [2.75, 3.05) is 6.61 Å². The molecule has 0 bridgehead atoms. The van der Waals surface area contributed by atoms with Crippen LogP contribution in [0, 0.1) is 0 Å². The summed E-state index contributed by atoms with van der Waals surface area (Å²) < 4.78 is 5.86. The average Bonchev–Trinajstić information content (AvgIpc) is 3.38. The second-order valence-corrected chi connectivity index (χ2v) is 7.99. The predicted octanol–water partition coefficient (Wildman–Crippen LogP) is 4.71. The molecule has 2 aromatic heterocycles. The number of aromatic nitrogens is 3. The normalized spacial score (nSPS) is 15.0. The van der Waals surface area contributed by atoms with Gasteiger partial charge in [0.2, 0.25) is 0 Å². The smallest absolute Gasteiger partial charge is 0.273 e. The van der Waals surface area contributed by atoms with Crippen LogP contribution >= 0.6 is 0 Å². The molecular weight excluding hydrogens is 416 g/mol. The zero-order valence-corrected chi connectivity index (χ0v) is 18.2. The van der Waals surface area contributed by atoms with E-state index in [1.165, 1.54) is 0 Å².